The standard InChI is InChI=1S/C17H18ClNO/c1-17(2,3)14-7-4-12(5-8-14)10-15(20)13-6-9-16(18)19-11-13/h4-9,11H,10H2,1-3H3. The summed E-state index contributed by atoms with van der Waals surface area (Å²) in [6.45, 7) is 6.52. The summed E-state index contributed by atoms with van der Waals surface area (Å²) >= 11 is 5.71. The van der Waals surface area contributed by atoms with E-state index in [1.54, 1.807) is 12.1 Å². The molecule has 0 spiro atoms. The summed E-state index contributed by atoms with van der Waals surface area (Å²) in [6, 6.07) is 11.5. The molecule has 0 aliphatic carbocycles. The molecule has 1 aromatic heterocycles. The molecular weight excluding hydrogens is 270 g/mol. The van der Waals surface area contributed by atoms with Crippen LogP contribution in [0.15, 0.2) is 42.6 Å². The van der Waals surface area contributed by atoms with Crippen LogP contribution in [-0.4, -0.2) is 10.8 Å². The fourth-order valence-corrected chi connectivity index (χ4v) is 2.06. The van der Waals surface area contributed by atoms with E-state index in [4.69, 9.17) is 11.6 Å². The molecule has 0 fully saturated rings. The van der Waals surface area contributed by atoms with Crippen LogP contribution in [0.25, 0.3) is 0 Å². The maximum atomic E-state index is 12.1. The normalized spacial score (nSPS) is 11.4. The highest BCUT2D eigenvalue weighted by molar-refractivity contribution is 6.29. The summed E-state index contributed by atoms with van der Waals surface area (Å²) in [5.74, 6) is 0.0534. The van der Waals surface area contributed by atoms with E-state index in [2.05, 4.69) is 37.9 Å². The Labute approximate surface area is 124 Å². The SMILES string of the molecule is CC(C)(C)c1ccc(CC(=O)c2ccc(Cl)nc2)cc1. The molecule has 2 nitrogen and oxygen atoms in total. The molecule has 2 aromatic rings. The van der Waals surface area contributed by atoms with E-state index in [9.17, 15) is 4.79 Å². The lowest BCUT2D eigenvalue weighted by Gasteiger charge is -2.19. The number of hydrogen-bond acceptors (Lipinski definition) is 2. The quantitative estimate of drug-likeness (QED) is 0.616. The average molecular weight is 288 g/mol. The number of Topliss-reactive ketones (excluding diaryl/α,β-unsaturated/α-hetero) is 1. The Kier molecular flexibility index (Phi) is 4.24. The van der Waals surface area contributed by atoms with Gasteiger partial charge in [0.25, 0.3) is 0 Å². The number of pyridine rings is 1. The number of benzene rings is 1. The molecule has 1 heterocycles. The maximum absolute atomic E-state index is 12.1. The Balaban J connectivity index is 2.10. The first-order valence-electron chi connectivity index (χ1n) is 6.60. The fourth-order valence-electron chi connectivity index (χ4n) is 1.95. The largest absolute Gasteiger partial charge is 0.294 e. The molecule has 104 valence electrons. The summed E-state index contributed by atoms with van der Waals surface area (Å²) < 4.78 is 0. The van der Waals surface area contributed by atoms with Gasteiger partial charge in [-0.05, 0) is 28.7 Å². The lowest BCUT2D eigenvalue weighted by molar-refractivity contribution is 0.0992. The zero-order valence-electron chi connectivity index (χ0n) is 12.0. The lowest BCUT2D eigenvalue weighted by Crippen LogP contribution is -2.11. The number of nitrogens with zero attached hydrogens (tertiary/aromatic N) is 1. The zero-order chi connectivity index (χ0) is 14.8. The number of carbonyl (C=O) groups excluding carboxylic acids is 1. The van der Waals surface area contributed by atoms with Crippen molar-refractivity contribution in [1.82, 2.24) is 4.98 Å². The molecule has 0 unspecified atom stereocenters. The van der Waals surface area contributed by atoms with Crippen molar-refractivity contribution in [1.29, 1.82) is 0 Å². The monoisotopic (exact) mass is 287 g/mol. The summed E-state index contributed by atoms with van der Waals surface area (Å²) in [6.07, 6.45) is 1.90. The van der Waals surface area contributed by atoms with Gasteiger partial charge in [0.15, 0.2) is 5.78 Å². The molecule has 3 heteroatoms. The third kappa shape index (κ3) is 3.67. The number of aromatic nitrogens is 1. The predicted octanol–water partition coefficient (Wildman–Crippen LogP) is 4.46. The molecule has 0 atom stereocenters. The van der Waals surface area contributed by atoms with Crippen molar-refractivity contribution in [3.05, 3.63) is 64.4 Å². The van der Waals surface area contributed by atoms with E-state index >= 15 is 0 Å². The van der Waals surface area contributed by atoms with Gasteiger partial charge in [-0.2, -0.15) is 0 Å². The maximum Gasteiger partial charge on any atom is 0.168 e. The van der Waals surface area contributed by atoms with Crippen molar-refractivity contribution in [2.45, 2.75) is 32.6 Å². The van der Waals surface area contributed by atoms with Crippen molar-refractivity contribution < 1.29 is 4.79 Å². The second-order valence-electron chi connectivity index (χ2n) is 5.92. The molecule has 0 aliphatic heterocycles. The Hall–Kier alpha value is -1.67. The van der Waals surface area contributed by atoms with Crippen LogP contribution in [0.3, 0.4) is 0 Å². The Morgan fingerprint density at radius 1 is 1.10 bits per heavy atom. The Morgan fingerprint density at radius 2 is 1.75 bits per heavy atom. The number of rotatable bonds is 3. The van der Waals surface area contributed by atoms with Gasteiger partial charge in [-0.1, -0.05) is 56.6 Å². The van der Waals surface area contributed by atoms with Crippen LogP contribution < -0.4 is 0 Å². The highest BCUT2D eigenvalue weighted by atomic mass is 35.5. The molecule has 0 aliphatic rings. The number of halogens is 1. The Bertz CT molecular complexity index is 594. The van der Waals surface area contributed by atoms with E-state index < -0.39 is 0 Å². The van der Waals surface area contributed by atoms with Crippen LogP contribution in [-0.2, 0) is 11.8 Å². The van der Waals surface area contributed by atoms with Crippen LogP contribution in [0.1, 0.15) is 42.3 Å². The summed E-state index contributed by atoms with van der Waals surface area (Å²) in [5.41, 5.74) is 3.00. The molecule has 0 amide bonds. The fraction of sp³-hybridized carbons (Fsp3) is 0.294. The Morgan fingerprint density at radius 3 is 2.25 bits per heavy atom. The van der Waals surface area contributed by atoms with Crippen molar-refractivity contribution in [3.8, 4) is 0 Å². The van der Waals surface area contributed by atoms with E-state index in [-0.39, 0.29) is 11.2 Å². The first-order valence-corrected chi connectivity index (χ1v) is 6.98. The third-order valence-electron chi connectivity index (χ3n) is 3.23. The highest BCUT2D eigenvalue weighted by Gasteiger charge is 2.13. The molecule has 1 aromatic carbocycles. The molecule has 0 saturated heterocycles. The van der Waals surface area contributed by atoms with E-state index in [0.29, 0.717) is 17.1 Å². The molecular formula is C17H18ClNO. The van der Waals surface area contributed by atoms with E-state index in [1.807, 2.05) is 12.1 Å². The van der Waals surface area contributed by atoms with Gasteiger partial charge in [0.1, 0.15) is 5.15 Å². The minimum absolute atomic E-state index is 0.0534. The molecule has 0 saturated carbocycles. The second-order valence-corrected chi connectivity index (χ2v) is 6.30. The average Bonchev–Trinajstić information content (AvgIpc) is 2.39. The molecule has 0 radical (unpaired) electrons. The zero-order valence-corrected chi connectivity index (χ0v) is 12.7. The highest BCUT2D eigenvalue weighted by Crippen LogP contribution is 2.22. The minimum Gasteiger partial charge on any atom is -0.294 e. The van der Waals surface area contributed by atoms with Crippen molar-refractivity contribution in [2.75, 3.05) is 0 Å². The van der Waals surface area contributed by atoms with Crippen LogP contribution in [0.5, 0.6) is 0 Å². The van der Waals surface area contributed by atoms with Gasteiger partial charge in [0.2, 0.25) is 0 Å². The van der Waals surface area contributed by atoms with Gasteiger partial charge >= 0.3 is 0 Å². The van der Waals surface area contributed by atoms with Crippen LogP contribution in [0, 0.1) is 0 Å². The van der Waals surface area contributed by atoms with Crippen LogP contribution >= 0.6 is 11.6 Å². The lowest BCUT2D eigenvalue weighted by atomic mass is 9.86. The van der Waals surface area contributed by atoms with Crippen molar-refractivity contribution in [3.63, 3.8) is 0 Å². The van der Waals surface area contributed by atoms with E-state index in [0.717, 1.165) is 5.56 Å². The van der Waals surface area contributed by atoms with Gasteiger partial charge in [0.05, 0.1) is 0 Å². The van der Waals surface area contributed by atoms with Gasteiger partial charge < -0.3 is 0 Å². The van der Waals surface area contributed by atoms with Crippen LogP contribution in [0.4, 0.5) is 0 Å². The minimum atomic E-state index is 0.0534. The first kappa shape index (κ1) is 14.7. The summed E-state index contributed by atoms with van der Waals surface area (Å²) in [7, 11) is 0. The molecule has 2 rings (SSSR count). The molecule has 0 N–H and O–H groups in total. The number of ketones is 1. The van der Waals surface area contributed by atoms with Crippen molar-refractivity contribution >= 4 is 17.4 Å². The topological polar surface area (TPSA) is 30.0 Å². The van der Waals surface area contributed by atoms with Gasteiger partial charge in [-0.15, -0.1) is 0 Å². The molecule has 20 heavy (non-hydrogen) atoms. The van der Waals surface area contributed by atoms with Gasteiger partial charge in [-0.25, -0.2) is 4.98 Å². The van der Waals surface area contributed by atoms with E-state index in [1.165, 1.54) is 11.8 Å². The number of hydrogen-bond donors (Lipinski definition) is 0. The molecule has 0 bridgehead atoms. The summed E-state index contributed by atoms with van der Waals surface area (Å²) in [4.78, 5) is 16.1. The number of carbonyl (C=O) groups is 1. The first-order chi connectivity index (χ1) is 9.36. The third-order valence-corrected chi connectivity index (χ3v) is 3.46. The smallest absolute Gasteiger partial charge is 0.168 e. The van der Waals surface area contributed by atoms with Crippen molar-refractivity contribution in [2.24, 2.45) is 0 Å². The van der Waals surface area contributed by atoms with Gasteiger partial charge in [0, 0.05) is 18.2 Å². The second kappa shape index (κ2) is 5.76. The van der Waals surface area contributed by atoms with Gasteiger partial charge in [-0.3, -0.25) is 4.79 Å². The predicted molar refractivity (Wildman–Crippen MR) is 82.4 cm³/mol. The summed E-state index contributed by atoms with van der Waals surface area (Å²) in [5, 5.41) is 0.399. The van der Waals surface area contributed by atoms with Crippen LogP contribution in [0.2, 0.25) is 5.15 Å².